The topological polar surface area (TPSA) is 51.6 Å². The van der Waals surface area contributed by atoms with Gasteiger partial charge in [-0.1, -0.05) is 30.3 Å². The van der Waals surface area contributed by atoms with Gasteiger partial charge < -0.3 is 14.6 Å². The van der Waals surface area contributed by atoms with Crippen LogP contribution in [0, 0.1) is 0 Å². The highest BCUT2D eigenvalue weighted by Gasteiger charge is 2.13. The van der Waals surface area contributed by atoms with Gasteiger partial charge in [-0.2, -0.15) is 0 Å². The normalized spacial score (nSPS) is 10.1. The molecule has 0 saturated carbocycles. The summed E-state index contributed by atoms with van der Waals surface area (Å²) < 4.78 is 10.2. The largest absolute Gasteiger partial charge is 0.503 e. The van der Waals surface area contributed by atoms with E-state index < -0.39 is 0 Å². The first-order valence-electron chi connectivity index (χ1n) is 5.59. The van der Waals surface area contributed by atoms with Crippen molar-refractivity contribution in [3.63, 3.8) is 0 Å². The Hall–Kier alpha value is -2.23. The summed E-state index contributed by atoms with van der Waals surface area (Å²) in [5.74, 6) is 0.852. The van der Waals surface area contributed by atoms with Gasteiger partial charge in [-0.25, -0.2) is 4.98 Å². The molecule has 94 valence electrons. The number of hydrogen-bond donors (Lipinski definition) is 1. The van der Waals surface area contributed by atoms with Crippen molar-refractivity contribution in [3.05, 3.63) is 47.7 Å². The second-order valence-electron chi connectivity index (χ2n) is 3.82. The molecule has 2 aromatic rings. The van der Waals surface area contributed by atoms with Gasteiger partial charge >= 0.3 is 0 Å². The number of ether oxygens (including phenoxy) is 2. The van der Waals surface area contributed by atoms with Crippen LogP contribution in [-0.4, -0.2) is 24.3 Å². The first-order valence-corrected chi connectivity index (χ1v) is 5.59. The molecule has 18 heavy (non-hydrogen) atoms. The van der Waals surface area contributed by atoms with E-state index >= 15 is 0 Å². The van der Waals surface area contributed by atoms with Crippen molar-refractivity contribution in [2.75, 3.05) is 14.2 Å². The molecule has 1 N–H and O–H groups in total. The molecule has 0 bridgehead atoms. The minimum Gasteiger partial charge on any atom is -0.503 e. The smallest absolute Gasteiger partial charge is 0.217 e. The average molecular weight is 245 g/mol. The van der Waals surface area contributed by atoms with Crippen LogP contribution in [-0.2, 0) is 6.42 Å². The van der Waals surface area contributed by atoms with Gasteiger partial charge in [0.15, 0.2) is 11.5 Å². The van der Waals surface area contributed by atoms with Crippen LogP contribution in [0.3, 0.4) is 0 Å². The summed E-state index contributed by atoms with van der Waals surface area (Å²) in [6.45, 7) is 0. The van der Waals surface area contributed by atoms with Gasteiger partial charge in [-0.15, -0.1) is 0 Å². The predicted octanol–water partition coefficient (Wildman–Crippen LogP) is 2.40. The first-order chi connectivity index (χ1) is 8.74. The molecule has 1 aromatic carbocycles. The van der Waals surface area contributed by atoms with E-state index in [4.69, 9.17) is 9.47 Å². The number of hydrogen-bond acceptors (Lipinski definition) is 4. The van der Waals surface area contributed by atoms with Crippen molar-refractivity contribution >= 4 is 0 Å². The standard InChI is InChI=1S/C14H15NO3/c1-17-12-9-13(18-2)15-11(14(12)16)8-10-6-4-3-5-7-10/h3-7,9,16H,8H2,1-2H3. The van der Waals surface area contributed by atoms with Crippen LogP contribution in [0.4, 0.5) is 0 Å². The molecule has 1 heterocycles. The molecule has 0 fully saturated rings. The fourth-order valence-electron chi connectivity index (χ4n) is 1.71. The summed E-state index contributed by atoms with van der Waals surface area (Å²) in [6, 6.07) is 11.4. The maximum absolute atomic E-state index is 10.0. The lowest BCUT2D eigenvalue weighted by Crippen LogP contribution is -1.98. The number of methoxy groups -OCH3 is 2. The fraction of sp³-hybridized carbons (Fsp3) is 0.214. The van der Waals surface area contributed by atoms with E-state index in [1.54, 1.807) is 6.07 Å². The zero-order valence-corrected chi connectivity index (χ0v) is 10.4. The molecule has 0 amide bonds. The number of rotatable bonds is 4. The Morgan fingerprint density at radius 2 is 1.83 bits per heavy atom. The van der Waals surface area contributed by atoms with Crippen LogP contribution in [0.25, 0.3) is 0 Å². The highest BCUT2D eigenvalue weighted by molar-refractivity contribution is 5.46. The van der Waals surface area contributed by atoms with Crippen LogP contribution >= 0.6 is 0 Å². The molecule has 0 saturated heterocycles. The van der Waals surface area contributed by atoms with Crippen molar-refractivity contribution in [3.8, 4) is 17.4 Å². The Kier molecular flexibility index (Phi) is 3.67. The Bertz CT molecular complexity index is 526. The second-order valence-corrected chi connectivity index (χ2v) is 3.82. The van der Waals surface area contributed by atoms with Crippen LogP contribution in [0.1, 0.15) is 11.3 Å². The first kappa shape index (κ1) is 12.2. The van der Waals surface area contributed by atoms with Crippen molar-refractivity contribution in [2.24, 2.45) is 0 Å². The van der Waals surface area contributed by atoms with Crippen LogP contribution in [0.15, 0.2) is 36.4 Å². The van der Waals surface area contributed by atoms with Crippen LogP contribution in [0.5, 0.6) is 17.4 Å². The Morgan fingerprint density at radius 1 is 1.11 bits per heavy atom. The quantitative estimate of drug-likeness (QED) is 0.898. The summed E-state index contributed by atoms with van der Waals surface area (Å²) in [4.78, 5) is 4.24. The Morgan fingerprint density at radius 3 is 2.44 bits per heavy atom. The molecule has 0 aliphatic rings. The Balaban J connectivity index is 2.37. The molecule has 1 aromatic heterocycles. The predicted molar refractivity (Wildman–Crippen MR) is 68.3 cm³/mol. The highest BCUT2D eigenvalue weighted by Crippen LogP contribution is 2.33. The maximum Gasteiger partial charge on any atom is 0.217 e. The van der Waals surface area contributed by atoms with Crippen molar-refractivity contribution in [1.82, 2.24) is 4.98 Å². The van der Waals surface area contributed by atoms with Gasteiger partial charge in [0.1, 0.15) is 0 Å². The van der Waals surface area contributed by atoms with E-state index in [1.165, 1.54) is 14.2 Å². The monoisotopic (exact) mass is 245 g/mol. The zero-order valence-electron chi connectivity index (χ0n) is 10.4. The Labute approximate surface area is 106 Å². The molecule has 0 aliphatic heterocycles. The third-order valence-electron chi connectivity index (χ3n) is 2.65. The van der Waals surface area contributed by atoms with E-state index in [0.717, 1.165) is 5.56 Å². The number of aromatic nitrogens is 1. The number of aromatic hydroxyl groups is 1. The maximum atomic E-state index is 10.0. The number of benzene rings is 1. The molecule has 4 heteroatoms. The summed E-state index contributed by atoms with van der Waals surface area (Å²) in [6.07, 6.45) is 0.528. The number of nitrogens with zero attached hydrogens (tertiary/aromatic N) is 1. The molecule has 0 atom stereocenters. The van der Waals surface area contributed by atoms with E-state index in [9.17, 15) is 5.11 Å². The average Bonchev–Trinajstić information content (AvgIpc) is 2.42. The molecule has 0 spiro atoms. The van der Waals surface area contributed by atoms with E-state index in [0.29, 0.717) is 23.7 Å². The van der Waals surface area contributed by atoms with Gasteiger partial charge in [-0.3, -0.25) is 0 Å². The molecule has 0 radical (unpaired) electrons. The fourth-order valence-corrected chi connectivity index (χ4v) is 1.71. The third kappa shape index (κ3) is 2.53. The molecular formula is C14H15NO3. The number of pyridine rings is 1. The van der Waals surface area contributed by atoms with Crippen molar-refractivity contribution < 1.29 is 14.6 Å². The van der Waals surface area contributed by atoms with E-state index in [1.807, 2.05) is 30.3 Å². The molecule has 0 unspecified atom stereocenters. The van der Waals surface area contributed by atoms with Gasteiger partial charge in [0, 0.05) is 12.5 Å². The summed E-state index contributed by atoms with van der Waals surface area (Å²) >= 11 is 0. The van der Waals surface area contributed by atoms with Crippen LogP contribution < -0.4 is 9.47 Å². The minimum atomic E-state index is 0.0575. The van der Waals surface area contributed by atoms with Gasteiger partial charge in [0.2, 0.25) is 5.88 Å². The van der Waals surface area contributed by atoms with Gasteiger partial charge in [0.05, 0.1) is 19.9 Å². The van der Waals surface area contributed by atoms with Crippen LogP contribution in [0.2, 0.25) is 0 Å². The molecule has 4 nitrogen and oxygen atoms in total. The second kappa shape index (κ2) is 5.40. The van der Waals surface area contributed by atoms with Gasteiger partial charge in [-0.05, 0) is 5.56 Å². The summed E-state index contributed by atoms with van der Waals surface area (Å²) in [5, 5.41) is 10.0. The van der Waals surface area contributed by atoms with E-state index in [-0.39, 0.29) is 5.75 Å². The summed E-state index contributed by atoms with van der Waals surface area (Å²) in [7, 11) is 3.03. The van der Waals surface area contributed by atoms with Crippen molar-refractivity contribution in [1.29, 1.82) is 0 Å². The summed E-state index contributed by atoms with van der Waals surface area (Å²) in [5.41, 5.74) is 1.60. The van der Waals surface area contributed by atoms with E-state index in [2.05, 4.69) is 4.98 Å². The van der Waals surface area contributed by atoms with Gasteiger partial charge in [0.25, 0.3) is 0 Å². The molecular weight excluding hydrogens is 230 g/mol. The lowest BCUT2D eigenvalue weighted by molar-refractivity contribution is 0.352. The third-order valence-corrected chi connectivity index (χ3v) is 2.65. The van der Waals surface area contributed by atoms with Crippen molar-refractivity contribution in [2.45, 2.75) is 6.42 Å². The minimum absolute atomic E-state index is 0.0575. The lowest BCUT2D eigenvalue weighted by atomic mass is 10.1. The highest BCUT2D eigenvalue weighted by atomic mass is 16.5. The zero-order chi connectivity index (χ0) is 13.0. The SMILES string of the molecule is COc1cc(OC)c(O)c(Cc2ccccc2)n1. The molecule has 0 aliphatic carbocycles. The molecule has 2 rings (SSSR count). The lowest BCUT2D eigenvalue weighted by Gasteiger charge is -2.10.